The molecule has 1 heterocycles. The predicted octanol–water partition coefficient (Wildman–Crippen LogP) is 4.16. The van der Waals surface area contributed by atoms with Gasteiger partial charge in [0.1, 0.15) is 5.76 Å². The Hall–Kier alpha value is -0.760. The second kappa shape index (κ2) is 7.63. The molecule has 1 aromatic rings. The second-order valence-electron chi connectivity index (χ2n) is 5.67. The molecule has 1 N–H and O–H groups in total. The zero-order chi connectivity index (χ0) is 12.6. The highest BCUT2D eigenvalue weighted by Gasteiger charge is 2.19. The van der Waals surface area contributed by atoms with Crippen LogP contribution in [0, 0.1) is 5.92 Å². The summed E-state index contributed by atoms with van der Waals surface area (Å²) in [4.78, 5) is 0. The Morgan fingerprint density at radius 2 is 2.17 bits per heavy atom. The fourth-order valence-corrected chi connectivity index (χ4v) is 3.08. The third kappa shape index (κ3) is 4.49. The minimum atomic E-state index is 0.596. The predicted molar refractivity (Wildman–Crippen MR) is 75.7 cm³/mol. The first-order valence-corrected chi connectivity index (χ1v) is 7.64. The molecule has 2 rings (SSSR count). The zero-order valence-electron chi connectivity index (χ0n) is 11.7. The van der Waals surface area contributed by atoms with E-state index in [-0.39, 0.29) is 0 Å². The first-order valence-electron chi connectivity index (χ1n) is 7.64. The maximum absolute atomic E-state index is 5.49. The van der Waals surface area contributed by atoms with Crippen molar-refractivity contribution in [3.8, 4) is 0 Å². The Bertz CT molecular complexity index is 301. The molecule has 1 fully saturated rings. The Morgan fingerprint density at radius 1 is 1.33 bits per heavy atom. The molecule has 1 aromatic heterocycles. The summed E-state index contributed by atoms with van der Waals surface area (Å²) in [6.07, 6.45) is 12.5. The van der Waals surface area contributed by atoms with Gasteiger partial charge in [-0.1, -0.05) is 39.0 Å². The average Bonchev–Trinajstić information content (AvgIpc) is 2.90. The molecule has 0 radical (unpaired) electrons. The van der Waals surface area contributed by atoms with Crippen LogP contribution in [0.4, 0.5) is 0 Å². The number of furan rings is 1. The van der Waals surface area contributed by atoms with Crippen LogP contribution < -0.4 is 5.32 Å². The Labute approximate surface area is 111 Å². The number of rotatable bonds is 7. The second-order valence-corrected chi connectivity index (χ2v) is 5.67. The van der Waals surface area contributed by atoms with Crippen LogP contribution in [-0.2, 0) is 6.42 Å². The normalized spacial score (nSPS) is 18.9. The standard InChI is InChI=1S/C16H27NO/c1-2-10-17-15(13-16-9-6-11-18-16)12-14-7-4-3-5-8-14/h6,9,11,14-15,17H,2-5,7-8,10,12-13H2,1H3. The van der Waals surface area contributed by atoms with Gasteiger partial charge in [0.25, 0.3) is 0 Å². The van der Waals surface area contributed by atoms with Gasteiger partial charge in [0.05, 0.1) is 6.26 Å². The van der Waals surface area contributed by atoms with Crippen LogP contribution in [-0.4, -0.2) is 12.6 Å². The molecule has 2 nitrogen and oxygen atoms in total. The molecule has 0 bridgehead atoms. The summed E-state index contributed by atoms with van der Waals surface area (Å²) < 4.78 is 5.49. The van der Waals surface area contributed by atoms with Crippen molar-refractivity contribution >= 4 is 0 Å². The van der Waals surface area contributed by atoms with Crippen LogP contribution in [0.2, 0.25) is 0 Å². The van der Waals surface area contributed by atoms with Crippen molar-refractivity contribution in [3.05, 3.63) is 24.2 Å². The highest BCUT2D eigenvalue weighted by Crippen LogP contribution is 2.28. The van der Waals surface area contributed by atoms with Gasteiger partial charge in [-0.05, 0) is 37.4 Å². The van der Waals surface area contributed by atoms with Gasteiger partial charge >= 0.3 is 0 Å². The van der Waals surface area contributed by atoms with E-state index in [1.807, 2.05) is 6.07 Å². The highest BCUT2D eigenvalue weighted by atomic mass is 16.3. The van der Waals surface area contributed by atoms with Gasteiger partial charge in [0.15, 0.2) is 0 Å². The summed E-state index contributed by atoms with van der Waals surface area (Å²) in [6.45, 7) is 3.36. The van der Waals surface area contributed by atoms with Crippen LogP contribution in [0.3, 0.4) is 0 Å². The Morgan fingerprint density at radius 3 is 2.83 bits per heavy atom. The van der Waals surface area contributed by atoms with E-state index in [9.17, 15) is 0 Å². The van der Waals surface area contributed by atoms with Crippen molar-refractivity contribution in [3.63, 3.8) is 0 Å². The summed E-state index contributed by atoms with van der Waals surface area (Å²) in [5.41, 5.74) is 0. The first-order chi connectivity index (χ1) is 8.88. The van der Waals surface area contributed by atoms with E-state index in [2.05, 4.69) is 18.3 Å². The largest absolute Gasteiger partial charge is 0.469 e. The maximum atomic E-state index is 5.49. The minimum absolute atomic E-state index is 0.596. The molecule has 1 aliphatic carbocycles. The molecule has 1 saturated carbocycles. The molecule has 0 saturated heterocycles. The van der Waals surface area contributed by atoms with Gasteiger partial charge in [-0.3, -0.25) is 0 Å². The lowest BCUT2D eigenvalue weighted by Crippen LogP contribution is -2.34. The Balaban J connectivity index is 1.83. The maximum Gasteiger partial charge on any atom is 0.105 e. The van der Waals surface area contributed by atoms with E-state index in [1.54, 1.807) is 6.26 Å². The molecule has 102 valence electrons. The summed E-state index contributed by atoms with van der Waals surface area (Å²) in [5.74, 6) is 2.06. The van der Waals surface area contributed by atoms with Gasteiger partial charge in [-0.25, -0.2) is 0 Å². The lowest BCUT2D eigenvalue weighted by Gasteiger charge is -2.27. The third-order valence-corrected chi connectivity index (χ3v) is 4.05. The highest BCUT2D eigenvalue weighted by molar-refractivity contribution is 5.00. The topological polar surface area (TPSA) is 25.2 Å². The molecule has 1 aliphatic rings. The molecule has 0 amide bonds. The fraction of sp³-hybridized carbons (Fsp3) is 0.750. The molecule has 0 aromatic carbocycles. The molecule has 0 spiro atoms. The van der Waals surface area contributed by atoms with Crippen molar-refractivity contribution < 1.29 is 4.42 Å². The van der Waals surface area contributed by atoms with Crippen molar-refractivity contribution in [1.29, 1.82) is 0 Å². The molecule has 1 unspecified atom stereocenters. The summed E-state index contributed by atoms with van der Waals surface area (Å²) in [7, 11) is 0. The lowest BCUT2D eigenvalue weighted by molar-refractivity contribution is 0.290. The minimum Gasteiger partial charge on any atom is -0.469 e. The first kappa shape index (κ1) is 13.7. The monoisotopic (exact) mass is 249 g/mol. The number of nitrogens with one attached hydrogen (secondary N) is 1. The van der Waals surface area contributed by atoms with Crippen LogP contribution in [0.1, 0.15) is 57.6 Å². The van der Waals surface area contributed by atoms with Crippen LogP contribution >= 0.6 is 0 Å². The molecular weight excluding hydrogens is 222 g/mol. The van der Waals surface area contributed by atoms with Crippen LogP contribution in [0.25, 0.3) is 0 Å². The van der Waals surface area contributed by atoms with E-state index in [0.717, 1.165) is 24.6 Å². The van der Waals surface area contributed by atoms with Gasteiger partial charge in [-0.2, -0.15) is 0 Å². The van der Waals surface area contributed by atoms with E-state index >= 15 is 0 Å². The Kier molecular flexibility index (Phi) is 5.79. The molecule has 18 heavy (non-hydrogen) atoms. The van der Waals surface area contributed by atoms with Crippen molar-refractivity contribution in [2.24, 2.45) is 5.92 Å². The van der Waals surface area contributed by atoms with Gasteiger partial charge in [-0.15, -0.1) is 0 Å². The summed E-state index contributed by atoms with van der Waals surface area (Å²) in [5, 5.41) is 3.69. The van der Waals surface area contributed by atoms with Crippen molar-refractivity contribution in [2.45, 2.75) is 64.3 Å². The smallest absolute Gasteiger partial charge is 0.105 e. The molecule has 0 aliphatic heterocycles. The number of hydrogen-bond donors (Lipinski definition) is 1. The SMILES string of the molecule is CCCNC(Cc1ccco1)CC1CCCCC1. The zero-order valence-corrected chi connectivity index (χ0v) is 11.7. The average molecular weight is 249 g/mol. The molecular formula is C16H27NO. The third-order valence-electron chi connectivity index (χ3n) is 4.05. The summed E-state index contributed by atoms with van der Waals surface area (Å²) >= 11 is 0. The van der Waals surface area contributed by atoms with Gasteiger partial charge in [0.2, 0.25) is 0 Å². The van der Waals surface area contributed by atoms with Crippen LogP contribution in [0.5, 0.6) is 0 Å². The van der Waals surface area contributed by atoms with E-state index in [4.69, 9.17) is 4.42 Å². The molecule has 1 atom stereocenters. The molecule has 2 heteroatoms. The van der Waals surface area contributed by atoms with Crippen molar-refractivity contribution in [2.75, 3.05) is 6.54 Å². The van der Waals surface area contributed by atoms with Gasteiger partial charge < -0.3 is 9.73 Å². The lowest BCUT2D eigenvalue weighted by atomic mass is 9.84. The van der Waals surface area contributed by atoms with E-state index in [1.165, 1.54) is 44.9 Å². The summed E-state index contributed by atoms with van der Waals surface area (Å²) in [6, 6.07) is 4.69. The van der Waals surface area contributed by atoms with E-state index in [0.29, 0.717) is 6.04 Å². The number of hydrogen-bond acceptors (Lipinski definition) is 2. The van der Waals surface area contributed by atoms with Gasteiger partial charge in [0, 0.05) is 12.5 Å². The quantitative estimate of drug-likeness (QED) is 0.785. The fourth-order valence-electron chi connectivity index (χ4n) is 3.08. The van der Waals surface area contributed by atoms with E-state index < -0.39 is 0 Å². The van der Waals surface area contributed by atoms with Crippen molar-refractivity contribution in [1.82, 2.24) is 5.32 Å². The van der Waals surface area contributed by atoms with Crippen LogP contribution in [0.15, 0.2) is 22.8 Å².